The maximum atomic E-state index is 2.40. The normalized spacial score (nSPS) is 13.1. The van der Waals surface area contributed by atoms with Gasteiger partial charge in [-0.15, -0.1) is 0 Å². The highest BCUT2D eigenvalue weighted by Crippen LogP contribution is 2.57. The Morgan fingerprint density at radius 2 is 0.443 bits per heavy atom. The van der Waals surface area contributed by atoms with Crippen molar-refractivity contribution in [3.8, 4) is 111 Å². The minimum absolute atomic E-state index is 0.124. The summed E-state index contributed by atoms with van der Waals surface area (Å²) in [5.74, 6) is 0. The predicted octanol–water partition coefficient (Wildman–Crippen LogP) is 29.4. The second kappa shape index (κ2) is 24.9. The van der Waals surface area contributed by atoms with E-state index in [2.05, 4.69) is 404 Å². The van der Waals surface area contributed by atoms with Crippen LogP contribution in [-0.2, 0) is 10.8 Å². The fourth-order valence-electron chi connectivity index (χ4n) is 18.9. The van der Waals surface area contributed by atoms with Gasteiger partial charge < -0.3 is 0 Å². The molecule has 0 saturated carbocycles. The van der Waals surface area contributed by atoms with E-state index in [9.17, 15) is 0 Å². The van der Waals surface area contributed by atoms with Crippen LogP contribution in [0.3, 0.4) is 0 Å². The van der Waals surface area contributed by atoms with Crippen molar-refractivity contribution >= 4 is 75.4 Å². The lowest BCUT2D eigenvalue weighted by atomic mass is 9.77. The van der Waals surface area contributed by atoms with Crippen LogP contribution in [0.5, 0.6) is 0 Å². The highest BCUT2D eigenvalue weighted by Gasteiger charge is 2.40. The highest BCUT2D eigenvalue weighted by atomic mass is 14.4. The zero-order valence-electron chi connectivity index (χ0n) is 59.8. The van der Waals surface area contributed by atoms with Crippen LogP contribution in [-0.4, -0.2) is 0 Å². The third-order valence-electron chi connectivity index (χ3n) is 23.4. The SMILES string of the molecule is CC1(C)c2c(-c3ccc(-c4c5ccccc5c(-c5cccc(-c6ccccc6)c5)c5ccccc45)cc3)cccc2-c2ccc3ccccc3c21.CC1(C)c2c(-c3ccc(-c4c5ccccc5c(-c5ccccc5-c5ccc6ccccc6c5)c5ccccc45)cc3)cccc2-c2ccc3ccccc3c21. The van der Waals surface area contributed by atoms with Gasteiger partial charge in [-0.3, -0.25) is 0 Å². The molecule has 0 radical (unpaired) electrons. The Hall–Kier alpha value is -13.0. The van der Waals surface area contributed by atoms with E-state index in [-0.39, 0.29) is 10.8 Å². The largest absolute Gasteiger partial charge is 0.0622 e. The summed E-state index contributed by atoms with van der Waals surface area (Å²) < 4.78 is 0. The standard InChI is InChI=1S/C55H38.C51H36/c1-55(2)53-43(24-13-25-49(53)50-33-32-36-15-5-6-18-42(36)54(50)55)37-27-29-38(30-28-37)51-45-20-9-11-22-47(45)52(48-23-12-10-21-46(48)51)44-19-8-7-17-41(44)40-31-26-35-14-3-4-16-39(35)34-40;1-51(2)49-40(24-13-25-45(49)46-31-30-34-16-6-7-19-39(34)50(46)51)35-26-28-36(29-27-35)47-41-20-8-10-22-43(41)48(44-23-11-9-21-42(44)47)38-18-12-17-37(32-38)33-14-4-3-5-15-33/h3-34H,1-2H3;3-32H,1-2H3. The molecular formula is C106H74. The lowest BCUT2D eigenvalue weighted by molar-refractivity contribution is 0.668. The number of fused-ring (bicyclic) bond motifs is 15. The fourth-order valence-corrected chi connectivity index (χ4v) is 18.9. The van der Waals surface area contributed by atoms with Crippen molar-refractivity contribution in [2.45, 2.75) is 38.5 Å². The smallest absolute Gasteiger partial charge is 0.0171 e. The van der Waals surface area contributed by atoms with Crippen LogP contribution < -0.4 is 0 Å². The zero-order chi connectivity index (χ0) is 70.8. The first kappa shape index (κ1) is 62.8. The second-order valence-electron chi connectivity index (χ2n) is 30.0. The van der Waals surface area contributed by atoms with Crippen LogP contribution in [0.4, 0.5) is 0 Å². The first-order valence-electron chi connectivity index (χ1n) is 37.3. The molecule has 0 fully saturated rings. The number of hydrogen-bond donors (Lipinski definition) is 0. The molecular weight excluding hydrogens is 1270 g/mol. The monoisotopic (exact) mass is 1350 g/mol. The predicted molar refractivity (Wildman–Crippen MR) is 454 cm³/mol. The van der Waals surface area contributed by atoms with E-state index in [0.29, 0.717) is 0 Å². The van der Waals surface area contributed by atoms with Crippen LogP contribution in [0.1, 0.15) is 49.9 Å². The van der Waals surface area contributed by atoms with Gasteiger partial charge in [-0.25, -0.2) is 0 Å². The molecule has 0 amide bonds. The maximum absolute atomic E-state index is 2.40. The molecule has 19 aromatic carbocycles. The molecule has 0 atom stereocenters. The van der Waals surface area contributed by atoms with Gasteiger partial charge in [0.2, 0.25) is 0 Å². The van der Waals surface area contributed by atoms with Gasteiger partial charge in [0, 0.05) is 10.8 Å². The fraction of sp³-hybridized carbons (Fsp3) is 0.0566. The van der Waals surface area contributed by atoms with Gasteiger partial charge >= 0.3 is 0 Å². The third-order valence-corrected chi connectivity index (χ3v) is 23.4. The van der Waals surface area contributed by atoms with Gasteiger partial charge in [-0.05, 0) is 221 Å². The molecule has 106 heavy (non-hydrogen) atoms. The summed E-state index contributed by atoms with van der Waals surface area (Å²) in [6, 6.07) is 139. The van der Waals surface area contributed by atoms with Crippen LogP contribution in [0.2, 0.25) is 0 Å². The Morgan fingerprint density at radius 1 is 0.142 bits per heavy atom. The summed E-state index contributed by atoms with van der Waals surface area (Å²) in [6.45, 7) is 9.61. The quantitative estimate of drug-likeness (QED) is 0.133. The van der Waals surface area contributed by atoms with Crippen molar-refractivity contribution in [3.63, 3.8) is 0 Å². The first-order chi connectivity index (χ1) is 52.1. The van der Waals surface area contributed by atoms with Crippen molar-refractivity contribution in [1.29, 1.82) is 0 Å². The Morgan fingerprint density at radius 3 is 0.915 bits per heavy atom. The maximum Gasteiger partial charge on any atom is 0.0171 e. The van der Waals surface area contributed by atoms with Gasteiger partial charge in [0.15, 0.2) is 0 Å². The second-order valence-corrected chi connectivity index (χ2v) is 30.0. The van der Waals surface area contributed by atoms with Crippen molar-refractivity contribution in [2.75, 3.05) is 0 Å². The Bertz CT molecular complexity index is 6670. The van der Waals surface area contributed by atoms with E-state index in [0.717, 1.165) is 0 Å². The van der Waals surface area contributed by atoms with E-state index in [4.69, 9.17) is 0 Å². The molecule has 0 heterocycles. The van der Waals surface area contributed by atoms with Crippen molar-refractivity contribution < 1.29 is 0 Å². The molecule has 498 valence electrons. The third kappa shape index (κ3) is 9.96. The number of rotatable bonds is 8. The van der Waals surface area contributed by atoms with Gasteiger partial charge in [-0.1, -0.05) is 392 Å². The van der Waals surface area contributed by atoms with Crippen molar-refractivity contribution in [1.82, 2.24) is 0 Å². The van der Waals surface area contributed by atoms with Crippen molar-refractivity contribution in [3.05, 3.63) is 398 Å². The Balaban J connectivity index is 0.000000141. The van der Waals surface area contributed by atoms with E-state index in [1.165, 1.54) is 209 Å². The van der Waals surface area contributed by atoms with Gasteiger partial charge in [-0.2, -0.15) is 0 Å². The lowest BCUT2D eigenvalue weighted by Crippen LogP contribution is -2.16. The molecule has 0 aliphatic heterocycles. The van der Waals surface area contributed by atoms with E-state index in [1.54, 1.807) is 0 Å². The van der Waals surface area contributed by atoms with Gasteiger partial charge in [0.05, 0.1) is 0 Å². The molecule has 0 bridgehead atoms. The molecule has 0 spiro atoms. The average molecular weight is 1350 g/mol. The summed E-state index contributed by atoms with van der Waals surface area (Å²) >= 11 is 0. The summed E-state index contributed by atoms with van der Waals surface area (Å²) in [4.78, 5) is 0. The topological polar surface area (TPSA) is 0 Å². The number of hydrogen-bond acceptors (Lipinski definition) is 0. The molecule has 0 unspecified atom stereocenters. The minimum Gasteiger partial charge on any atom is -0.0622 e. The first-order valence-corrected chi connectivity index (χ1v) is 37.3. The van der Waals surface area contributed by atoms with Crippen LogP contribution >= 0.6 is 0 Å². The highest BCUT2D eigenvalue weighted by molar-refractivity contribution is 6.24. The van der Waals surface area contributed by atoms with E-state index >= 15 is 0 Å². The van der Waals surface area contributed by atoms with Crippen molar-refractivity contribution in [2.24, 2.45) is 0 Å². The molecule has 19 aromatic rings. The average Bonchev–Trinajstić information content (AvgIpc) is 1.57. The Kier molecular flexibility index (Phi) is 14.7. The van der Waals surface area contributed by atoms with Crippen LogP contribution in [0.25, 0.3) is 187 Å². The molecule has 0 N–H and O–H groups in total. The molecule has 21 rings (SSSR count). The molecule has 2 aliphatic carbocycles. The summed E-state index contributed by atoms with van der Waals surface area (Å²) in [5, 5.41) is 18.0. The van der Waals surface area contributed by atoms with Gasteiger partial charge in [0.1, 0.15) is 0 Å². The number of benzene rings is 19. The van der Waals surface area contributed by atoms with Crippen LogP contribution in [0.15, 0.2) is 376 Å². The molecule has 0 nitrogen and oxygen atoms in total. The van der Waals surface area contributed by atoms with E-state index in [1.807, 2.05) is 0 Å². The summed E-state index contributed by atoms with van der Waals surface area (Å²) in [7, 11) is 0. The molecule has 0 aromatic heterocycles. The van der Waals surface area contributed by atoms with Gasteiger partial charge in [0.25, 0.3) is 0 Å². The van der Waals surface area contributed by atoms with Crippen LogP contribution in [0, 0.1) is 0 Å². The zero-order valence-corrected chi connectivity index (χ0v) is 59.8. The summed E-state index contributed by atoms with van der Waals surface area (Å²) in [5.41, 5.74) is 31.0. The molecule has 2 aliphatic rings. The summed E-state index contributed by atoms with van der Waals surface area (Å²) in [6.07, 6.45) is 0. The lowest BCUT2D eigenvalue weighted by Gasteiger charge is -2.26. The minimum atomic E-state index is -0.133. The van der Waals surface area contributed by atoms with E-state index < -0.39 is 0 Å². The molecule has 0 heteroatoms. The Labute approximate surface area is 619 Å². The molecule has 0 saturated heterocycles.